The van der Waals surface area contributed by atoms with E-state index in [1.54, 1.807) is 17.0 Å². The van der Waals surface area contributed by atoms with E-state index in [1.807, 2.05) is 31.2 Å². The molecule has 2 rings (SSSR count). The van der Waals surface area contributed by atoms with Gasteiger partial charge in [0.15, 0.2) is 0 Å². The maximum absolute atomic E-state index is 11.4. The van der Waals surface area contributed by atoms with Crippen molar-refractivity contribution >= 4 is 0 Å². The monoisotopic (exact) mass is 186 g/mol. The average Bonchev–Trinajstić information content (AvgIpc) is 2.20. The molecule has 0 N–H and O–H groups in total. The van der Waals surface area contributed by atoms with Gasteiger partial charge in [0.1, 0.15) is 0 Å². The molecular weight excluding hydrogens is 176 g/mol. The van der Waals surface area contributed by atoms with Crippen molar-refractivity contribution in [1.29, 1.82) is 0 Å². The molecule has 1 aromatic carbocycles. The fraction of sp³-hybridized carbons (Fsp3) is 0.0909. The fourth-order valence-corrected chi connectivity index (χ4v) is 1.27. The van der Waals surface area contributed by atoms with E-state index in [9.17, 15) is 4.79 Å². The molecule has 1 heterocycles. The molecule has 0 amide bonds. The molecule has 0 spiro atoms. The molecule has 0 saturated carbocycles. The van der Waals surface area contributed by atoms with Crippen LogP contribution in [0.25, 0.3) is 5.69 Å². The predicted molar refractivity (Wildman–Crippen MR) is 54.6 cm³/mol. The van der Waals surface area contributed by atoms with Gasteiger partial charge in [-0.25, -0.2) is 0 Å². The highest BCUT2D eigenvalue weighted by molar-refractivity contribution is 5.33. The van der Waals surface area contributed by atoms with E-state index < -0.39 is 0 Å². The first-order chi connectivity index (χ1) is 6.77. The van der Waals surface area contributed by atoms with Crippen LogP contribution in [0.15, 0.2) is 47.7 Å². The van der Waals surface area contributed by atoms with Crippen LogP contribution in [-0.4, -0.2) is 9.55 Å². The van der Waals surface area contributed by atoms with Gasteiger partial charge in [0.2, 0.25) is 0 Å². The van der Waals surface area contributed by atoms with Crippen molar-refractivity contribution < 1.29 is 0 Å². The van der Waals surface area contributed by atoms with Gasteiger partial charge in [-0.05, 0) is 19.1 Å². The van der Waals surface area contributed by atoms with Gasteiger partial charge in [-0.3, -0.25) is 14.3 Å². The molecule has 0 aliphatic rings. The molecule has 2 aromatic rings. The summed E-state index contributed by atoms with van der Waals surface area (Å²) < 4.78 is 1.56. The molecule has 1 aromatic heterocycles. The first-order valence-electron chi connectivity index (χ1n) is 4.37. The van der Waals surface area contributed by atoms with Crippen LogP contribution in [0.4, 0.5) is 0 Å². The Kier molecular flexibility index (Phi) is 2.14. The lowest BCUT2D eigenvalue weighted by atomic mass is 10.2. The molecular formula is C11H10N2O. The Morgan fingerprint density at radius 2 is 1.93 bits per heavy atom. The predicted octanol–water partition coefficient (Wildman–Crippen LogP) is 1.54. The van der Waals surface area contributed by atoms with Crippen LogP contribution >= 0.6 is 0 Å². The van der Waals surface area contributed by atoms with Crippen molar-refractivity contribution in [2.45, 2.75) is 6.92 Å². The van der Waals surface area contributed by atoms with E-state index in [0.29, 0.717) is 0 Å². The van der Waals surface area contributed by atoms with E-state index in [2.05, 4.69) is 4.98 Å². The number of aryl methyl sites for hydroxylation is 1. The van der Waals surface area contributed by atoms with Crippen LogP contribution in [0.1, 0.15) is 5.56 Å². The lowest BCUT2D eigenvalue weighted by Crippen LogP contribution is -2.16. The fourth-order valence-electron chi connectivity index (χ4n) is 1.27. The second-order valence-corrected chi connectivity index (χ2v) is 3.12. The Hall–Kier alpha value is -1.90. The Balaban J connectivity index is 2.56. The first-order valence-corrected chi connectivity index (χ1v) is 4.37. The molecule has 3 nitrogen and oxygen atoms in total. The molecule has 3 heteroatoms. The molecule has 70 valence electrons. The summed E-state index contributed by atoms with van der Waals surface area (Å²) in [6.45, 7) is 2.01. The van der Waals surface area contributed by atoms with E-state index in [-0.39, 0.29) is 5.56 Å². The highest BCUT2D eigenvalue weighted by atomic mass is 16.1. The van der Waals surface area contributed by atoms with Crippen LogP contribution < -0.4 is 5.56 Å². The van der Waals surface area contributed by atoms with Crippen LogP contribution in [-0.2, 0) is 0 Å². The maximum atomic E-state index is 11.4. The molecule has 0 aliphatic carbocycles. The van der Waals surface area contributed by atoms with E-state index in [1.165, 1.54) is 11.8 Å². The summed E-state index contributed by atoms with van der Waals surface area (Å²) in [5, 5.41) is 0. The summed E-state index contributed by atoms with van der Waals surface area (Å²) in [4.78, 5) is 15.2. The third kappa shape index (κ3) is 1.57. The normalized spacial score (nSPS) is 10.1. The summed E-state index contributed by atoms with van der Waals surface area (Å²) in [7, 11) is 0. The van der Waals surface area contributed by atoms with E-state index in [4.69, 9.17) is 0 Å². The van der Waals surface area contributed by atoms with Crippen LogP contribution in [0.2, 0.25) is 0 Å². The number of hydrogen-bond acceptors (Lipinski definition) is 2. The molecule has 0 bridgehead atoms. The summed E-state index contributed by atoms with van der Waals surface area (Å²) in [6, 6.07) is 7.78. The van der Waals surface area contributed by atoms with E-state index >= 15 is 0 Å². The summed E-state index contributed by atoms with van der Waals surface area (Å²) in [5.41, 5.74) is 1.93. The number of nitrogens with zero attached hydrogens (tertiary/aromatic N) is 2. The minimum atomic E-state index is -0.114. The third-order valence-electron chi connectivity index (χ3n) is 2.04. The van der Waals surface area contributed by atoms with Crippen molar-refractivity contribution in [2.24, 2.45) is 0 Å². The van der Waals surface area contributed by atoms with Crippen molar-refractivity contribution in [3.8, 4) is 5.69 Å². The Morgan fingerprint density at radius 3 is 2.57 bits per heavy atom. The topological polar surface area (TPSA) is 34.9 Å². The summed E-state index contributed by atoms with van der Waals surface area (Å²) in [5.74, 6) is 0. The minimum absolute atomic E-state index is 0.114. The number of rotatable bonds is 1. The molecule has 0 aliphatic heterocycles. The summed E-state index contributed by atoms with van der Waals surface area (Å²) >= 11 is 0. The SMILES string of the molecule is Cc1ccc(-n2ccncc2=O)cc1. The van der Waals surface area contributed by atoms with E-state index in [0.717, 1.165) is 5.69 Å². The van der Waals surface area contributed by atoms with Gasteiger partial charge in [0.05, 0.1) is 6.20 Å². The molecule has 14 heavy (non-hydrogen) atoms. The average molecular weight is 186 g/mol. The van der Waals surface area contributed by atoms with Crippen molar-refractivity contribution in [2.75, 3.05) is 0 Å². The van der Waals surface area contributed by atoms with Crippen molar-refractivity contribution in [1.82, 2.24) is 9.55 Å². The van der Waals surface area contributed by atoms with Gasteiger partial charge in [0.25, 0.3) is 5.56 Å². The van der Waals surface area contributed by atoms with Gasteiger partial charge < -0.3 is 0 Å². The largest absolute Gasteiger partial charge is 0.281 e. The smallest absolute Gasteiger partial charge is 0.273 e. The van der Waals surface area contributed by atoms with Crippen molar-refractivity contribution in [3.63, 3.8) is 0 Å². The second-order valence-electron chi connectivity index (χ2n) is 3.12. The van der Waals surface area contributed by atoms with Crippen LogP contribution in [0, 0.1) is 6.92 Å². The third-order valence-corrected chi connectivity index (χ3v) is 2.04. The van der Waals surface area contributed by atoms with Gasteiger partial charge in [-0.1, -0.05) is 17.7 Å². The van der Waals surface area contributed by atoms with Gasteiger partial charge in [0, 0.05) is 18.1 Å². The van der Waals surface area contributed by atoms with Crippen LogP contribution in [0.5, 0.6) is 0 Å². The standard InChI is InChI=1S/C11H10N2O/c1-9-2-4-10(5-3-9)13-7-6-12-8-11(13)14/h2-8H,1H3. The highest BCUT2D eigenvalue weighted by Crippen LogP contribution is 2.05. The number of benzene rings is 1. The van der Waals surface area contributed by atoms with Crippen LogP contribution in [0.3, 0.4) is 0 Å². The Bertz CT molecular complexity index is 485. The lowest BCUT2D eigenvalue weighted by Gasteiger charge is -2.03. The Labute approximate surface area is 81.7 Å². The molecule has 0 unspecified atom stereocenters. The van der Waals surface area contributed by atoms with Gasteiger partial charge in [-0.15, -0.1) is 0 Å². The lowest BCUT2D eigenvalue weighted by molar-refractivity contribution is 0.955. The minimum Gasteiger partial charge on any atom is -0.281 e. The summed E-state index contributed by atoms with van der Waals surface area (Å²) in [6.07, 6.45) is 4.56. The molecule has 0 radical (unpaired) electrons. The molecule has 0 saturated heterocycles. The second kappa shape index (κ2) is 3.46. The van der Waals surface area contributed by atoms with Gasteiger partial charge >= 0.3 is 0 Å². The molecule has 0 atom stereocenters. The first kappa shape index (κ1) is 8.69. The number of aromatic nitrogens is 2. The zero-order valence-electron chi connectivity index (χ0n) is 7.84. The van der Waals surface area contributed by atoms with Crippen molar-refractivity contribution in [3.05, 3.63) is 58.8 Å². The quantitative estimate of drug-likeness (QED) is 0.677. The van der Waals surface area contributed by atoms with Gasteiger partial charge in [-0.2, -0.15) is 0 Å². The Morgan fingerprint density at radius 1 is 1.21 bits per heavy atom. The zero-order chi connectivity index (χ0) is 9.97. The number of hydrogen-bond donors (Lipinski definition) is 0. The molecule has 0 fully saturated rings. The zero-order valence-corrected chi connectivity index (χ0v) is 7.84. The highest BCUT2D eigenvalue weighted by Gasteiger charge is 1.96. The maximum Gasteiger partial charge on any atom is 0.273 e.